The van der Waals surface area contributed by atoms with Gasteiger partial charge in [-0.2, -0.15) is 0 Å². The van der Waals surface area contributed by atoms with Crippen LogP contribution in [0.1, 0.15) is 35.3 Å². The van der Waals surface area contributed by atoms with E-state index in [4.69, 9.17) is 16.3 Å². The Balaban J connectivity index is 2.49. The van der Waals surface area contributed by atoms with E-state index in [1.165, 1.54) is 13.0 Å². The summed E-state index contributed by atoms with van der Waals surface area (Å²) in [6.07, 6.45) is 0.532. The highest BCUT2D eigenvalue weighted by Crippen LogP contribution is 2.36. The molecular weight excluding hydrogens is 273 g/mol. The second kappa shape index (κ2) is 5.57. The number of hydrogen-bond acceptors (Lipinski definition) is 3. The molecule has 1 atom stereocenters. The summed E-state index contributed by atoms with van der Waals surface area (Å²) in [6, 6.07) is 2.04. The predicted molar refractivity (Wildman–Crippen MR) is 68.1 cm³/mol. The summed E-state index contributed by atoms with van der Waals surface area (Å²) in [4.78, 5) is 22.8. The maximum absolute atomic E-state index is 13.6. The highest BCUT2D eigenvalue weighted by molar-refractivity contribution is 6.30. The molecular formula is C13H13ClFNO3. The van der Waals surface area contributed by atoms with Crippen molar-refractivity contribution < 1.29 is 18.7 Å². The van der Waals surface area contributed by atoms with Crippen molar-refractivity contribution in [3.63, 3.8) is 0 Å². The van der Waals surface area contributed by atoms with E-state index in [0.29, 0.717) is 24.3 Å². The molecule has 0 saturated carbocycles. The lowest BCUT2D eigenvalue weighted by Gasteiger charge is -2.27. The molecule has 4 nitrogen and oxygen atoms in total. The number of rotatable bonds is 3. The van der Waals surface area contributed by atoms with Gasteiger partial charge in [-0.1, -0.05) is 0 Å². The lowest BCUT2D eigenvalue weighted by molar-refractivity contribution is -0.119. The van der Waals surface area contributed by atoms with Gasteiger partial charge in [0.25, 0.3) is 0 Å². The summed E-state index contributed by atoms with van der Waals surface area (Å²) < 4.78 is 19.0. The highest BCUT2D eigenvalue weighted by Gasteiger charge is 2.27. The van der Waals surface area contributed by atoms with E-state index in [1.54, 1.807) is 0 Å². The van der Waals surface area contributed by atoms with Crippen LogP contribution in [0.5, 0.6) is 5.75 Å². The molecule has 0 aliphatic carbocycles. The zero-order chi connectivity index (χ0) is 14.0. The van der Waals surface area contributed by atoms with Crippen molar-refractivity contribution in [3.05, 3.63) is 29.1 Å². The Morgan fingerprint density at radius 3 is 2.89 bits per heavy atom. The lowest BCUT2D eigenvalue weighted by atomic mass is 9.96. The first-order valence-electron chi connectivity index (χ1n) is 5.85. The number of benzene rings is 1. The molecule has 1 heterocycles. The van der Waals surface area contributed by atoms with E-state index < -0.39 is 11.6 Å². The average molecular weight is 286 g/mol. The van der Waals surface area contributed by atoms with E-state index in [0.717, 1.165) is 6.07 Å². The van der Waals surface area contributed by atoms with Gasteiger partial charge >= 0.3 is 0 Å². The maximum Gasteiger partial charge on any atom is 0.217 e. The van der Waals surface area contributed by atoms with E-state index in [1.807, 2.05) is 0 Å². The first-order valence-corrected chi connectivity index (χ1v) is 6.39. The average Bonchev–Trinajstić information content (AvgIpc) is 2.37. The molecule has 0 saturated heterocycles. The molecule has 1 aliphatic rings. The largest absolute Gasteiger partial charge is 0.492 e. The van der Waals surface area contributed by atoms with Crippen LogP contribution < -0.4 is 10.1 Å². The highest BCUT2D eigenvalue weighted by atomic mass is 35.5. The summed E-state index contributed by atoms with van der Waals surface area (Å²) in [5.41, 5.74) is 0.606. The van der Waals surface area contributed by atoms with Crippen molar-refractivity contribution in [2.45, 2.75) is 19.4 Å². The number of carbonyl (C=O) groups is 2. The number of fused-ring (bicyclic) bond motifs is 1. The molecule has 102 valence electrons. The van der Waals surface area contributed by atoms with Gasteiger partial charge in [-0.15, -0.1) is 11.6 Å². The normalized spacial score (nSPS) is 17.3. The minimum absolute atomic E-state index is 0.125. The Labute approximate surface area is 114 Å². The van der Waals surface area contributed by atoms with Gasteiger partial charge in [0.2, 0.25) is 5.91 Å². The third kappa shape index (κ3) is 2.87. The van der Waals surface area contributed by atoms with Gasteiger partial charge in [0.05, 0.1) is 24.1 Å². The molecule has 1 aromatic carbocycles. The molecule has 2 rings (SSSR count). The first-order chi connectivity index (χ1) is 9.02. The van der Waals surface area contributed by atoms with Crippen molar-refractivity contribution >= 4 is 23.3 Å². The third-order valence-corrected chi connectivity index (χ3v) is 3.15. The van der Waals surface area contributed by atoms with E-state index in [9.17, 15) is 14.0 Å². The molecule has 0 aromatic heterocycles. The van der Waals surface area contributed by atoms with Crippen molar-refractivity contribution in [1.82, 2.24) is 5.32 Å². The summed E-state index contributed by atoms with van der Waals surface area (Å²) in [5, 5.41) is 2.72. The molecule has 0 bridgehead atoms. The number of amides is 1. The number of Topliss-reactive ketones (excluding diaryl/α,β-unsaturated/α-hetero) is 1. The fourth-order valence-corrected chi connectivity index (χ4v) is 2.29. The zero-order valence-corrected chi connectivity index (χ0v) is 11.1. The molecule has 1 N–H and O–H groups in total. The molecule has 1 unspecified atom stereocenters. The van der Waals surface area contributed by atoms with Crippen LogP contribution in [0.3, 0.4) is 0 Å². The molecule has 1 amide bonds. The lowest BCUT2D eigenvalue weighted by Crippen LogP contribution is -2.31. The zero-order valence-electron chi connectivity index (χ0n) is 10.3. The number of nitrogens with one attached hydrogen (secondary N) is 1. The monoisotopic (exact) mass is 285 g/mol. The molecule has 0 spiro atoms. The molecule has 1 aromatic rings. The van der Waals surface area contributed by atoms with Gasteiger partial charge in [-0.25, -0.2) is 4.39 Å². The van der Waals surface area contributed by atoms with Gasteiger partial charge < -0.3 is 10.1 Å². The van der Waals surface area contributed by atoms with E-state index in [2.05, 4.69) is 5.32 Å². The van der Waals surface area contributed by atoms with Gasteiger partial charge in [0.15, 0.2) is 5.78 Å². The SMILES string of the molecule is CC(=O)NC1CCOc2c(C(=O)CCl)cc(F)cc21. The summed E-state index contributed by atoms with van der Waals surface area (Å²) in [7, 11) is 0. The second-order valence-electron chi connectivity index (χ2n) is 4.32. The van der Waals surface area contributed by atoms with Crippen LogP contribution in [0.25, 0.3) is 0 Å². The van der Waals surface area contributed by atoms with Gasteiger partial charge in [0.1, 0.15) is 11.6 Å². The quantitative estimate of drug-likeness (QED) is 0.684. The van der Waals surface area contributed by atoms with Gasteiger partial charge in [0, 0.05) is 18.9 Å². The molecule has 0 radical (unpaired) electrons. The second-order valence-corrected chi connectivity index (χ2v) is 4.59. The smallest absolute Gasteiger partial charge is 0.217 e. The Kier molecular flexibility index (Phi) is 4.04. The standard InChI is InChI=1S/C13H13ClFNO3/c1-7(17)16-11-2-3-19-13-9(11)4-8(15)5-10(13)12(18)6-14/h4-5,11H,2-3,6H2,1H3,(H,16,17). The number of hydrogen-bond donors (Lipinski definition) is 1. The van der Waals surface area contributed by atoms with Crippen molar-refractivity contribution in [1.29, 1.82) is 0 Å². The molecule has 1 aliphatic heterocycles. The van der Waals surface area contributed by atoms with Gasteiger partial charge in [-0.05, 0) is 12.1 Å². The molecule has 0 fully saturated rings. The number of ether oxygens (including phenoxy) is 1. The molecule has 6 heteroatoms. The summed E-state index contributed by atoms with van der Waals surface area (Å²) in [5.74, 6) is -1.09. The topological polar surface area (TPSA) is 55.4 Å². The van der Waals surface area contributed by atoms with Crippen molar-refractivity contribution in [2.75, 3.05) is 12.5 Å². The Hall–Kier alpha value is -1.62. The third-order valence-electron chi connectivity index (χ3n) is 2.91. The van der Waals surface area contributed by atoms with E-state index in [-0.39, 0.29) is 23.4 Å². The van der Waals surface area contributed by atoms with Crippen LogP contribution >= 0.6 is 11.6 Å². The maximum atomic E-state index is 13.6. The number of ketones is 1. The first kappa shape index (κ1) is 13.8. The van der Waals surface area contributed by atoms with Crippen LogP contribution in [0.4, 0.5) is 4.39 Å². The minimum Gasteiger partial charge on any atom is -0.492 e. The van der Waals surface area contributed by atoms with E-state index >= 15 is 0 Å². The van der Waals surface area contributed by atoms with Crippen molar-refractivity contribution in [2.24, 2.45) is 0 Å². The Morgan fingerprint density at radius 1 is 1.53 bits per heavy atom. The predicted octanol–water partition coefficient (Wildman–Crippen LogP) is 2.21. The van der Waals surface area contributed by atoms with Crippen LogP contribution in [0.2, 0.25) is 0 Å². The fourth-order valence-electron chi connectivity index (χ4n) is 2.14. The van der Waals surface area contributed by atoms with Crippen LogP contribution in [-0.2, 0) is 4.79 Å². The van der Waals surface area contributed by atoms with Crippen LogP contribution in [-0.4, -0.2) is 24.2 Å². The van der Waals surface area contributed by atoms with Crippen LogP contribution in [0, 0.1) is 5.82 Å². The molecule has 19 heavy (non-hydrogen) atoms. The Morgan fingerprint density at radius 2 is 2.26 bits per heavy atom. The summed E-state index contributed by atoms with van der Waals surface area (Å²) in [6.45, 7) is 1.74. The fraction of sp³-hybridized carbons (Fsp3) is 0.385. The number of carbonyl (C=O) groups excluding carboxylic acids is 2. The van der Waals surface area contributed by atoms with Crippen molar-refractivity contribution in [3.8, 4) is 5.75 Å². The summed E-state index contributed by atoms with van der Waals surface area (Å²) >= 11 is 5.50. The van der Waals surface area contributed by atoms with Gasteiger partial charge in [-0.3, -0.25) is 9.59 Å². The van der Waals surface area contributed by atoms with Crippen LogP contribution in [0.15, 0.2) is 12.1 Å². The number of halogens is 2. The minimum atomic E-state index is -0.548. The Bertz CT molecular complexity index is 533. The number of alkyl halides is 1.